The molecule has 1 N–H and O–H groups in total. The summed E-state index contributed by atoms with van der Waals surface area (Å²) in [7, 11) is -2.90. The van der Waals surface area contributed by atoms with E-state index in [9.17, 15) is 21.6 Å². The Balaban J connectivity index is 1.70. The Morgan fingerprint density at radius 1 is 1.06 bits per heavy atom. The molecular formula is C22H16Cl2F3N5O3S. The molecule has 0 saturated heterocycles. The molecule has 1 aromatic heterocycles. The Morgan fingerprint density at radius 2 is 1.81 bits per heavy atom. The van der Waals surface area contributed by atoms with Crippen LogP contribution < -0.4 is 9.46 Å². The second-order valence-corrected chi connectivity index (χ2v) is 9.84. The van der Waals surface area contributed by atoms with E-state index in [-0.39, 0.29) is 38.6 Å². The predicted molar refractivity (Wildman–Crippen MR) is 128 cm³/mol. The van der Waals surface area contributed by atoms with E-state index in [2.05, 4.69) is 20.1 Å². The van der Waals surface area contributed by atoms with E-state index in [1.165, 1.54) is 25.3 Å². The van der Waals surface area contributed by atoms with Crippen molar-refractivity contribution in [3.63, 3.8) is 0 Å². The van der Waals surface area contributed by atoms with Crippen molar-refractivity contribution in [2.75, 3.05) is 11.8 Å². The highest BCUT2D eigenvalue weighted by Gasteiger charge is 2.32. The van der Waals surface area contributed by atoms with Gasteiger partial charge in [0.1, 0.15) is 10.6 Å². The van der Waals surface area contributed by atoms with Crippen LogP contribution in [0.1, 0.15) is 11.1 Å². The molecule has 0 aliphatic heterocycles. The van der Waals surface area contributed by atoms with Crippen molar-refractivity contribution in [3.8, 4) is 17.1 Å². The van der Waals surface area contributed by atoms with E-state index in [0.29, 0.717) is 17.4 Å². The van der Waals surface area contributed by atoms with Crippen LogP contribution in [0.2, 0.25) is 10.0 Å². The zero-order valence-electron chi connectivity index (χ0n) is 18.3. The number of alkyl halides is 3. The lowest BCUT2D eigenvalue weighted by Gasteiger charge is -2.16. The SMILES string of the molecule is COc1cccc(-c2nnn(Cc3ccc(C(F)(F)F)cc3NS(=O)(=O)c3cccc(Cl)c3Cl)n2)c1. The number of hydrogen-bond donors (Lipinski definition) is 1. The number of halogens is 5. The largest absolute Gasteiger partial charge is 0.497 e. The molecule has 0 unspecified atom stereocenters. The van der Waals surface area contributed by atoms with Crippen molar-refractivity contribution in [2.45, 2.75) is 17.6 Å². The van der Waals surface area contributed by atoms with Gasteiger partial charge in [0.25, 0.3) is 10.0 Å². The highest BCUT2D eigenvalue weighted by atomic mass is 35.5. The van der Waals surface area contributed by atoms with Crippen molar-refractivity contribution in [2.24, 2.45) is 0 Å². The van der Waals surface area contributed by atoms with Crippen LogP contribution in [0.25, 0.3) is 11.4 Å². The summed E-state index contributed by atoms with van der Waals surface area (Å²) in [6.45, 7) is -0.184. The van der Waals surface area contributed by atoms with Crippen LogP contribution in [0.4, 0.5) is 18.9 Å². The van der Waals surface area contributed by atoms with Gasteiger partial charge in [-0.15, -0.1) is 10.2 Å². The molecule has 8 nitrogen and oxygen atoms in total. The Bertz CT molecular complexity index is 1530. The van der Waals surface area contributed by atoms with E-state index in [1.54, 1.807) is 24.3 Å². The first-order valence-corrected chi connectivity index (χ1v) is 12.3. The molecule has 0 amide bonds. The van der Waals surface area contributed by atoms with Gasteiger partial charge < -0.3 is 4.74 Å². The fourth-order valence-corrected chi connectivity index (χ4v) is 5.07. The Hall–Kier alpha value is -3.35. The zero-order chi connectivity index (χ0) is 26.1. The van der Waals surface area contributed by atoms with Crippen molar-refractivity contribution >= 4 is 38.9 Å². The summed E-state index contributed by atoms with van der Waals surface area (Å²) in [4.78, 5) is 0.737. The minimum atomic E-state index is -4.71. The predicted octanol–water partition coefficient (Wildman–Crippen LogP) is 5.52. The second kappa shape index (κ2) is 9.96. The van der Waals surface area contributed by atoms with Gasteiger partial charge in [-0.2, -0.15) is 18.0 Å². The monoisotopic (exact) mass is 557 g/mol. The number of rotatable bonds is 7. The lowest BCUT2D eigenvalue weighted by atomic mass is 10.1. The smallest absolute Gasteiger partial charge is 0.416 e. The van der Waals surface area contributed by atoms with E-state index in [0.717, 1.165) is 16.9 Å². The van der Waals surface area contributed by atoms with Crippen LogP contribution in [-0.4, -0.2) is 35.7 Å². The van der Waals surface area contributed by atoms with Crippen LogP contribution in [0, 0.1) is 0 Å². The normalized spacial score (nSPS) is 11.9. The minimum absolute atomic E-state index is 0.0271. The molecule has 14 heteroatoms. The van der Waals surface area contributed by atoms with E-state index < -0.39 is 21.8 Å². The molecule has 0 spiro atoms. The van der Waals surface area contributed by atoms with Crippen molar-refractivity contribution in [1.29, 1.82) is 0 Å². The minimum Gasteiger partial charge on any atom is -0.497 e. The molecule has 0 radical (unpaired) electrons. The third kappa shape index (κ3) is 5.55. The van der Waals surface area contributed by atoms with Crippen LogP contribution in [0.3, 0.4) is 0 Å². The fraction of sp³-hybridized carbons (Fsp3) is 0.136. The number of ether oxygens (including phenoxy) is 1. The third-order valence-electron chi connectivity index (χ3n) is 4.98. The highest BCUT2D eigenvalue weighted by Crippen LogP contribution is 2.35. The van der Waals surface area contributed by atoms with Crippen molar-refractivity contribution in [1.82, 2.24) is 20.2 Å². The van der Waals surface area contributed by atoms with Gasteiger partial charge >= 0.3 is 6.18 Å². The zero-order valence-corrected chi connectivity index (χ0v) is 20.6. The lowest BCUT2D eigenvalue weighted by molar-refractivity contribution is -0.137. The van der Waals surface area contributed by atoms with Gasteiger partial charge in [0.15, 0.2) is 0 Å². The second-order valence-electron chi connectivity index (χ2n) is 7.40. The summed E-state index contributed by atoms with van der Waals surface area (Å²) < 4.78 is 73.5. The summed E-state index contributed by atoms with van der Waals surface area (Å²) in [5, 5.41) is 11.9. The molecule has 0 saturated carbocycles. The molecule has 36 heavy (non-hydrogen) atoms. The number of aromatic nitrogens is 4. The van der Waals surface area contributed by atoms with Gasteiger partial charge in [-0.25, -0.2) is 8.42 Å². The van der Waals surface area contributed by atoms with E-state index in [1.807, 2.05) is 0 Å². The number of anilines is 1. The maximum atomic E-state index is 13.4. The molecule has 0 fully saturated rings. The van der Waals surface area contributed by atoms with Gasteiger partial charge in [0, 0.05) is 5.56 Å². The molecule has 1 heterocycles. The van der Waals surface area contributed by atoms with Crippen molar-refractivity contribution in [3.05, 3.63) is 81.8 Å². The maximum Gasteiger partial charge on any atom is 0.416 e. The van der Waals surface area contributed by atoms with Crippen LogP contribution in [0.5, 0.6) is 5.75 Å². The number of hydrogen-bond acceptors (Lipinski definition) is 6. The summed E-state index contributed by atoms with van der Waals surface area (Å²) in [5.41, 5.74) is -0.630. The van der Waals surface area contributed by atoms with Crippen LogP contribution >= 0.6 is 23.2 Å². The summed E-state index contributed by atoms with van der Waals surface area (Å²) in [5.74, 6) is 0.816. The number of methoxy groups -OCH3 is 1. The topological polar surface area (TPSA) is 99.0 Å². The molecule has 0 aliphatic rings. The van der Waals surface area contributed by atoms with Crippen LogP contribution in [-0.2, 0) is 22.7 Å². The van der Waals surface area contributed by atoms with Gasteiger partial charge in [-0.3, -0.25) is 4.72 Å². The number of benzene rings is 3. The Kier molecular flexibility index (Phi) is 7.12. The Labute approximate surface area is 213 Å². The third-order valence-corrected chi connectivity index (χ3v) is 7.32. The van der Waals surface area contributed by atoms with Gasteiger partial charge in [0.2, 0.25) is 5.82 Å². The summed E-state index contributed by atoms with van der Waals surface area (Å²) in [6, 6.07) is 13.5. The molecule has 0 aliphatic carbocycles. The van der Waals surface area contributed by atoms with E-state index in [4.69, 9.17) is 27.9 Å². The maximum absolute atomic E-state index is 13.4. The van der Waals surface area contributed by atoms with Gasteiger partial charge in [0.05, 0.1) is 35.0 Å². The summed E-state index contributed by atoms with van der Waals surface area (Å²) >= 11 is 11.9. The van der Waals surface area contributed by atoms with Gasteiger partial charge in [-0.05, 0) is 47.2 Å². The lowest BCUT2D eigenvalue weighted by Crippen LogP contribution is -2.17. The molecule has 3 aromatic carbocycles. The molecule has 188 valence electrons. The molecule has 4 rings (SSSR count). The van der Waals surface area contributed by atoms with Crippen molar-refractivity contribution < 1.29 is 26.3 Å². The first kappa shape index (κ1) is 25.7. The van der Waals surface area contributed by atoms with Gasteiger partial charge in [-0.1, -0.05) is 47.5 Å². The molecule has 0 bridgehead atoms. The molecular weight excluding hydrogens is 542 g/mol. The first-order valence-electron chi connectivity index (χ1n) is 10.1. The highest BCUT2D eigenvalue weighted by molar-refractivity contribution is 7.92. The molecule has 4 aromatic rings. The Morgan fingerprint density at radius 3 is 2.53 bits per heavy atom. The standard InChI is InChI=1S/C22H16Cl2F3N5O3S/c1-35-16-5-2-4-13(10-16)21-28-31-32(29-21)12-14-8-9-15(22(25,26)27)11-18(14)30-36(33,34)19-7-3-6-17(23)20(19)24/h2-11,30H,12H2,1H3. The quantitative estimate of drug-likeness (QED) is 0.321. The summed E-state index contributed by atoms with van der Waals surface area (Å²) in [6.07, 6.45) is -4.71. The number of nitrogens with zero attached hydrogens (tertiary/aromatic N) is 4. The average molecular weight is 558 g/mol. The first-order chi connectivity index (χ1) is 17.0. The number of nitrogens with one attached hydrogen (secondary N) is 1. The van der Waals surface area contributed by atoms with E-state index >= 15 is 0 Å². The average Bonchev–Trinajstić information content (AvgIpc) is 3.29. The number of sulfonamides is 1. The van der Waals surface area contributed by atoms with Crippen LogP contribution in [0.15, 0.2) is 65.6 Å². The fourth-order valence-electron chi connectivity index (χ4n) is 3.22. The molecule has 0 atom stereocenters. The number of tetrazole rings is 1.